The average molecular weight is 560 g/mol. The molecule has 8 nitrogen and oxygen atoms in total. The summed E-state index contributed by atoms with van der Waals surface area (Å²) in [5.74, 6) is -1.23. The van der Waals surface area contributed by atoms with E-state index >= 15 is 0 Å². The minimum atomic E-state index is -3.72. The fourth-order valence-electron chi connectivity index (χ4n) is 4.52. The number of anilines is 1. The Hall–Kier alpha value is -1.50. The zero-order valence-electron chi connectivity index (χ0n) is 20.0. The molecule has 35 heavy (non-hydrogen) atoms. The number of piperidine rings is 1. The highest BCUT2D eigenvalue weighted by Crippen LogP contribution is 2.39. The maximum atomic E-state index is 13.3. The molecule has 2 aliphatic heterocycles. The Bertz CT molecular complexity index is 1210. The predicted octanol–water partition coefficient (Wildman–Crippen LogP) is 4.45. The van der Waals surface area contributed by atoms with Crippen LogP contribution >= 0.6 is 34.3 Å². The highest BCUT2D eigenvalue weighted by Gasteiger charge is 2.36. The Kier molecular flexibility index (Phi) is 8.24. The lowest BCUT2D eigenvalue weighted by atomic mass is 9.98. The van der Waals surface area contributed by atoms with Crippen molar-refractivity contribution in [2.24, 2.45) is 5.92 Å². The van der Waals surface area contributed by atoms with Crippen molar-refractivity contribution < 1.29 is 22.7 Å². The summed E-state index contributed by atoms with van der Waals surface area (Å²) in [4.78, 5) is 29.5. The molecule has 4 rings (SSSR count). The van der Waals surface area contributed by atoms with Gasteiger partial charge in [0, 0.05) is 37.1 Å². The van der Waals surface area contributed by atoms with E-state index in [-0.39, 0.29) is 23.3 Å². The summed E-state index contributed by atoms with van der Waals surface area (Å²) in [5, 5.41) is 3.45. The van der Waals surface area contributed by atoms with Gasteiger partial charge in [0.15, 0.2) is 0 Å². The third kappa shape index (κ3) is 5.60. The second-order valence-electron chi connectivity index (χ2n) is 8.99. The molecule has 0 aromatic carbocycles. The van der Waals surface area contributed by atoms with E-state index in [0.29, 0.717) is 46.7 Å². The molecule has 2 aromatic heterocycles. The molecule has 4 heterocycles. The minimum Gasteiger partial charge on any atom is -0.462 e. The van der Waals surface area contributed by atoms with Crippen molar-refractivity contribution in [2.45, 2.75) is 56.8 Å². The zero-order valence-corrected chi connectivity index (χ0v) is 23.2. The molecule has 0 spiro atoms. The Morgan fingerprint density at radius 3 is 2.69 bits per heavy atom. The summed E-state index contributed by atoms with van der Waals surface area (Å²) in [6, 6.07) is 3.43. The molecule has 1 amide bonds. The standard InChI is InChI=1S/C23H30ClN3O5S3/c1-4-32-23(29)20-16-9-11-26(14(2)3)13-17(16)33-22(20)25-21(28)15-6-5-10-27(12-15)35(30,31)19-8-7-18(24)34-19/h7-8,14-15H,4-6,9-13H2,1-3H3,(H,25,28). The minimum absolute atomic E-state index is 0.0879. The summed E-state index contributed by atoms with van der Waals surface area (Å²) in [6.45, 7) is 8.28. The van der Waals surface area contributed by atoms with Crippen LogP contribution in [-0.4, -0.2) is 61.8 Å². The fourth-order valence-corrected chi connectivity index (χ4v) is 8.95. The molecule has 2 aromatic rings. The van der Waals surface area contributed by atoms with Gasteiger partial charge in [-0.15, -0.1) is 22.7 Å². The highest BCUT2D eigenvalue weighted by molar-refractivity contribution is 7.91. The van der Waals surface area contributed by atoms with E-state index in [0.717, 1.165) is 34.9 Å². The largest absolute Gasteiger partial charge is 0.462 e. The molecule has 0 aliphatic carbocycles. The Morgan fingerprint density at radius 2 is 2.03 bits per heavy atom. The topological polar surface area (TPSA) is 96.0 Å². The number of halogens is 1. The van der Waals surface area contributed by atoms with E-state index < -0.39 is 21.9 Å². The zero-order chi connectivity index (χ0) is 25.3. The van der Waals surface area contributed by atoms with E-state index in [1.165, 1.54) is 21.7 Å². The van der Waals surface area contributed by atoms with Crippen molar-refractivity contribution in [3.05, 3.63) is 32.5 Å². The third-order valence-corrected chi connectivity index (χ3v) is 11.1. The number of hydrogen-bond acceptors (Lipinski definition) is 8. The summed E-state index contributed by atoms with van der Waals surface area (Å²) >= 11 is 8.36. The molecule has 1 N–H and O–H groups in total. The van der Waals surface area contributed by atoms with Crippen LogP contribution in [0.3, 0.4) is 0 Å². The lowest BCUT2D eigenvalue weighted by molar-refractivity contribution is -0.120. The average Bonchev–Trinajstić information content (AvgIpc) is 3.42. The molecule has 192 valence electrons. The monoisotopic (exact) mass is 559 g/mol. The Labute approximate surface area is 219 Å². The molecular formula is C23H30ClN3O5S3. The normalized spacial score (nSPS) is 19.5. The molecule has 2 aliphatic rings. The Morgan fingerprint density at radius 1 is 1.26 bits per heavy atom. The Balaban J connectivity index is 1.54. The number of nitrogens with one attached hydrogen (secondary N) is 1. The van der Waals surface area contributed by atoms with Crippen molar-refractivity contribution in [2.75, 3.05) is 31.6 Å². The maximum Gasteiger partial charge on any atom is 0.341 e. The first-order valence-electron chi connectivity index (χ1n) is 11.7. The van der Waals surface area contributed by atoms with Crippen LogP contribution < -0.4 is 5.32 Å². The predicted molar refractivity (Wildman–Crippen MR) is 139 cm³/mol. The van der Waals surface area contributed by atoms with E-state index in [4.69, 9.17) is 16.3 Å². The molecule has 0 bridgehead atoms. The summed E-state index contributed by atoms with van der Waals surface area (Å²) in [7, 11) is -3.72. The van der Waals surface area contributed by atoms with Gasteiger partial charge in [0.25, 0.3) is 10.0 Å². The van der Waals surface area contributed by atoms with E-state index in [1.54, 1.807) is 13.0 Å². The molecule has 0 radical (unpaired) electrons. The van der Waals surface area contributed by atoms with Gasteiger partial charge in [0.1, 0.15) is 9.21 Å². The number of carbonyl (C=O) groups is 2. The molecule has 1 saturated heterocycles. The lowest BCUT2D eigenvalue weighted by Gasteiger charge is -2.30. The second-order valence-corrected chi connectivity index (χ2v) is 14.0. The molecule has 1 atom stereocenters. The van der Waals surface area contributed by atoms with E-state index in [1.807, 2.05) is 0 Å². The summed E-state index contributed by atoms with van der Waals surface area (Å²) in [6.07, 6.45) is 1.86. The van der Waals surface area contributed by atoms with Crippen LogP contribution in [0.15, 0.2) is 16.3 Å². The number of rotatable bonds is 7. The van der Waals surface area contributed by atoms with Crippen LogP contribution in [0.5, 0.6) is 0 Å². The van der Waals surface area contributed by atoms with E-state index in [2.05, 4.69) is 24.1 Å². The quantitative estimate of drug-likeness (QED) is 0.504. The number of ether oxygens (including phenoxy) is 1. The number of amides is 1. The second kappa shape index (κ2) is 10.9. The summed E-state index contributed by atoms with van der Waals surface area (Å²) < 4.78 is 33.3. The number of thiophene rings is 2. The first kappa shape index (κ1) is 26.6. The molecule has 0 saturated carbocycles. The van der Waals surface area contributed by atoms with Gasteiger partial charge in [-0.1, -0.05) is 11.6 Å². The van der Waals surface area contributed by atoms with Crippen molar-refractivity contribution in [3.63, 3.8) is 0 Å². The van der Waals surface area contributed by atoms with Crippen molar-refractivity contribution in [1.82, 2.24) is 9.21 Å². The van der Waals surface area contributed by atoms with Crippen LogP contribution in [0, 0.1) is 5.92 Å². The van der Waals surface area contributed by atoms with Crippen LogP contribution in [0.25, 0.3) is 0 Å². The number of hydrogen-bond donors (Lipinski definition) is 1. The number of fused-ring (bicyclic) bond motifs is 1. The van der Waals surface area contributed by atoms with Gasteiger partial charge in [-0.05, 0) is 57.7 Å². The lowest BCUT2D eigenvalue weighted by Crippen LogP contribution is -2.43. The van der Waals surface area contributed by atoms with Gasteiger partial charge in [-0.25, -0.2) is 13.2 Å². The van der Waals surface area contributed by atoms with Crippen molar-refractivity contribution in [3.8, 4) is 0 Å². The highest BCUT2D eigenvalue weighted by atomic mass is 35.5. The van der Waals surface area contributed by atoms with Crippen LogP contribution in [-0.2, 0) is 32.5 Å². The van der Waals surface area contributed by atoms with Gasteiger partial charge in [0.2, 0.25) is 5.91 Å². The molecule has 12 heteroatoms. The van der Waals surface area contributed by atoms with Gasteiger partial charge in [-0.2, -0.15) is 4.31 Å². The fraction of sp³-hybridized carbons (Fsp3) is 0.565. The van der Waals surface area contributed by atoms with E-state index in [9.17, 15) is 18.0 Å². The maximum absolute atomic E-state index is 13.3. The number of nitrogens with zero attached hydrogens (tertiary/aromatic N) is 2. The molecule has 1 unspecified atom stereocenters. The molecule has 1 fully saturated rings. The van der Waals surface area contributed by atoms with Crippen LogP contribution in [0.2, 0.25) is 4.34 Å². The molecular weight excluding hydrogens is 530 g/mol. The van der Waals surface area contributed by atoms with Crippen molar-refractivity contribution >= 4 is 61.2 Å². The van der Waals surface area contributed by atoms with Gasteiger partial charge in [-0.3, -0.25) is 9.69 Å². The third-order valence-electron chi connectivity index (χ3n) is 6.43. The first-order chi connectivity index (χ1) is 16.6. The van der Waals surface area contributed by atoms with Gasteiger partial charge < -0.3 is 10.1 Å². The summed E-state index contributed by atoms with van der Waals surface area (Å²) in [5.41, 5.74) is 1.39. The van der Waals surface area contributed by atoms with Crippen LogP contribution in [0.1, 0.15) is 54.4 Å². The van der Waals surface area contributed by atoms with Gasteiger partial charge >= 0.3 is 5.97 Å². The smallest absolute Gasteiger partial charge is 0.341 e. The van der Waals surface area contributed by atoms with Gasteiger partial charge in [0.05, 0.1) is 22.4 Å². The number of esters is 1. The number of sulfonamides is 1. The first-order valence-corrected chi connectivity index (χ1v) is 15.2. The SMILES string of the molecule is CCOC(=O)c1c(NC(=O)C2CCCN(S(=O)(=O)c3ccc(Cl)s3)C2)sc2c1CCN(C(C)C)C2. The van der Waals surface area contributed by atoms with Crippen molar-refractivity contribution in [1.29, 1.82) is 0 Å². The number of carbonyl (C=O) groups excluding carboxylic acids is 2. The van der Waals surface area contributed by atoms with Crippen LogP contribution in [0.4, 0.5) is 5.00 Å².